The van der Waals surface area contributed by atoms with E-state index in [2.05, 4.69) is 62.0 Å². The molecule has 0 N–H and O–H groups in total. The fourth-order valence-electron chi connectivity index (χ4n) is 7.41. The van der Waals surface area contributed by atoms with Gasteiger partial charge in [-0.1, -0.05) is 6.07 Å². The van der Waals surface area contributed by atoms with E-state index in [-0.39, 0.29) is 6.17 Å². The number of nitrogens with zero attached hydrogens (tertiary/aromatic N) is 7. The molecule has 0 saturated carbocycles. The first-order chi connectivity index (χ1) is 20.1. The highest BCUT2D eigenvalue weighted by Gasteiger charge is 2.37. The van der Waals surface area contributed by atoms with Gasteiger partial charge in [0.25, 0.3) is 0 Å². The third-order valence-electron chi connectivity index (χ3n) is 9.53. The molecule has 3 aromatic rings. The fraction of sp³-hybridized carbons (Fsp3) is 0.531. The Hall–Kier alpha value is -3.25. The first kappa shape index (κ1) is 24.5. The van der Waals surface area contributed by atoms with Crippen LogP contribution < -0.4 is 9.80 Å². The Bertz CT molecular complexity index is 1430. The number of rotatable bonds is 5. The van der Waals surface area contributed by atoms with E-state index in [4.69, 9.17) is 11.1 Å². The van der Waals surface area contributed by atoms with Crippen LogP contribution in [0.1, 0.15) is 32.3 Å². The molecule has 8 nitrogen and oxygen atoms in total. The van der Waals surface area contributed by atoms with Crippen molar-refractivity contribution in [3.05, 3.63) is 59.9 Å². The Balaban J connectivity index is 0.989. The van der Waals surface area contributed by atoms with Gasteiger partial charge in [-0.05, 0) is 62.1 Å². The molecule has 0 unspecified atom stereocenters. The van der Waals surface area contributed by atoms with Crippen LogP contribution in [0.25, 0.3) is 10.9 Å². The maximum absolute atomic E-state index is 9.60. The highest BCUT2D eigenvalue weighted by molar-refractivity contribution is 5.95. The Kier molecular flexibility index (Phi) is 6.73. The number of hydrogen-bond donors (Lipinski definition) is 0. The molecule has 40 heavy (non-hydrogen) atoms. The number of aromatic nitrogens is 2. The molecule has 4 fully saturated rings. The van der Waals surface area contributed by atoms with Crippen molar-refractivity contribution in [1.82, 2.24) is 19.8 Å². The number of fused-ring (bicyclic) bond motifs is 3. The lowest BCUT2D eigenvalue weighted by atomic mass is 9.98. The van der Waals surface area contributed by atoms with E-state index in [0.717, 1.165) is 82.3 Å². The summed E-state index contributed by atoms with van der Waals surface area (Å²) in [5, 5.41) is 10.6. The van der Waals surface area contributed by atoms with Crippen LogP contribution in [-0.2, 0) is 11.2 Å². The van der Waals surface area contributed by atoms with Gasteiger partial charge in [0.1, 0.15) is 11.9 Å². The molecule has 7 rings (SSSR count). The van der Waals surface area contributed by atoms with E-state index in [9.17, 15) is 5.26 Å². The second kappa shape index (κ2) is 11.0. The zero-order valence-corrected chi connectivity index (χ0v) is 23.4. The van der Waals surface area contributed by atoms with Crippen molar-refractivity contribution in [3.8, 4) is 6.07 Å². The van der Waals surface area contributed by atoms with Gasteiger partial charge in [-0.2, -0.15) is 5.26 Å². The standard InChI is InChI=1S/C32H39N7O/c1-23-18-37(29-8-7-25(16-33)32-28(29)5-2-11-34-32)21-27-20-36(13-14-39(23)27)12-10-24-6-9-31(35-17-24)38-19-26-4-3-15-40-30(26)22-38/h2,5-9,11,17,23,26-27,30H,3-4,10,12-15,18-22H2,1H3/t23-,26-,27+,30-/m1/s1/i11D. The van der Waals surface area contributed by atoms with Crippen LogP contribution in [0, 0.1) is 17.2 Å². The second-order valence-corrected chi connectivity index (χ2v) is 12.0. The van der Waals surface area contributed by atoms with Crippen LogP contribution in [0.4, 0.5) is 11.5 Å². The summed E-state index contributed by atoms with van der Waals surface area (Å²) in [6.07, 6.45) is 6.12. The Morgan fingerprint density at radius 3 is 2.85 bits per heavy atom. The quantitative estimate of drug-likeness (QED) is 0.489. The van der Waals surface area contributed by atoms with Crippen LogP contribution in [0.3, 0.4) is 0 Å². The monoisotopic (exact) mass is 538 g/mol. The molecule has 2 aromatic heterocycles. The van der Waals surface area contributed by atoms with Crippen LogP contribution >= 0.6 is 0 Å². The number of benzene rings is 1. The van der Waals surface area contributed by atoms with Gasteiger partial charge in [-0.25, -0.2) is 4.98 Å². The lowest BCUT2D eigenvalue weighted by Gasteiger charge is -2.51. The number of hydrogen-bond acceptors (Lipinski definition) is 8. The minimum absolute atomic E-state index is 0.195. The molecule has 4 aliphatic heterocycles. The van der Waals surface area contributed by atoms with Crippen molar-refractivity contribution >= 4 is 22.4 Å². The summed E-state index contributed by atoms with van der Waals surface area (Å²) in [7, 11) is 0. The first-order valence-electron chi connectivity index (χ1n) is 15.4. The van der Waals surface area contributed by atoms with E-state index in [1.165, 1.54) is 18.4 Å². The zero-order valence-electron chi connectivity index (χ0n) is 24.4. The third-order valence-corrected chi connectivity index (χ3v) is 9.53. The summed E-state index contributed by atoms with van der Waals surface area (Å²) in [6, 6.07) is 15.2. The van der Waals surface area contributed by atoms with Gasteiger partial charge >= 0.3 is 0 Å². The SMILES string of the molecule is [2H]c1ccc2c(N3C[C@@H]4CN(CCc5ccc(N6C[C@H]7CCCO[C@@H]7C6)nc5)CCN4[C@H](C)C3)ccc(C#N)c2n1. The Morgan fingerprint density at radius 1 is 1.05 bits per heavy atom. The van der Waals surface area contributed by atoms with E-state index in [0.29, 0.717) is 35.2 Å². The first-order valence-corrected chi connectivity index (χ1v) is 14.9. The third kappa shape index (κ3) is 4.91. The average molecular weight is 539 g/mol. The largest absolute Gasteiger partial charge is 0.376 e. The molecule has 0 amide bonds. The highest BCUT2D eigenvalue weighted by atomic mass is 16.5. The smallest absolute Gasteiger partial charge is 0.128 e. The van der Waals surface area contributed by atoms with E-state index >= 15 is 0 Å². The molecule has 0 radical (unpaired) electrons. The average Bonchev–Trinajstić information content (AvgIpc) is 3.44. The van der Waals surface area contributed by atoms with Gasteiger partial charge in [-0.3, -0.25) is 9.88 Å². The normalized spacial score (nSPS) is 27.8. The Labute approximate surface area is 238 Å². The number of anilines is 2. The summed E-state index contributed by atoms with van der Waals surface area (Å²) >= 11 is 0. The minimum atomic E-state index is 0.195. The van der Waals surface area contributed by atoms with E-state index in [1.807, 2.05) is 12.1 Å². The number of nitriles is 1. The molecule has 4 saturated heterocycles. The maximum Gasteiger partial charge on any atom is 0.128 e. The van der Waals surface area contributed by atoms with Crippen LogP contribution in [0.15, 0.2) is 48.8 Å². The van der Waals surface area contributed by atoms with E-state index < -0.39 is 0 Å². The van der Waals surface area contributed by atoms with Crippen LogP contribution in [0.5, 0.6) is 0 Å². The summed E-state index contributed by atoms with van der Waals surface area (Å²) in [5.74, 6) is 1.74. The van der Waals surface area contributed by atoms with E-state index in [1.54, 1.807) is 6.07 Å². The summed E-state index contributed by atoms with van der Waals surface area (Å²) in [6.45, 7) is 11.4. The van der Waals surface area contributed by atoms with Crippen LogP contribution in [0.2, 0.25) is 0 Å². The minimum Gasteiger partial charge on any atom is -0.376 e. The highest BCUT2D eigenvalue weighted by Crippen LogP contribution is 2.33. The lowest BCUT2D eigenvalue weighted by molar-refractivity contribution is 0.00105. The molecule has 6 heterocycles. The molecule has 1 aromatic carbocycles. The summed E-state index contributed by atoms with van der Waals surface area (Å²) < 4.78 is 14.0. The van der Waals surface area contributed by atoms with Gasteiger partial charge in [0.15, 0.2) is 0 Å². The summed E-state index contributed by atoms with van der Waals surface area (Å²) in [5.41, 5.74) is 3.58. The molecular weight excluding hydrogens is 498 g/mol. The van der Waals surface area contributed by atoms with Crippen LogP contribution in [-0.4, -0.2) is 96.9 Å². The van der Waals surface area contributed by atoms with Crippen molar-refractivity contribution in [2.24, 2.45) is 5.92 Å². The number of pyridine rings is 2. The molecule has 4 atom stereocenters. The summed E-state index contributed by atoms with van der Waals surface area (Å²) in [4.78, 5) is 19.4. The molecule has 0 bridgehead atoms. The molecule has 8 heteroatoms. The number of ether oxygens (including phenoxy) is 1. The van der Waals surface area contributed by atoms with Crippen molar-refractivity contribution in [2.45, 2.75) is 44.4 Å². The maximum atomic E-state index is 9.60. The van der Waals surface area contributed by atoms with Crippen molar-refractivity contribution in [2.75, 3.05) is 68.8 Å². The van der Waals surface area contributed by atoms with Gasteiger partial charge in [0, 0.05) is 100 Å². The van der Waals surface area contributed by atoms with Gasteiger partial charge in [0.2, 0.25) is 0 Å². The topological polar surface area (TPSA) is 71.8 Å². The predicted molar refractivity (Wildman–Crippen MR) is 158 cm³/mol. The van der Waals surface area contributed by atoms with Gasteiger partial charge < -0.3 is 19.4 Å². The van der Waals surface area contributed by atoms with Gasteiger partial charge in [0.05, 0.1) is 18.6 Å². The zero-order chi connectivity index (χ0) is 27.9. The molecule has 208 valence electrons. The predicted octanol–water partition coefficient (Wildman–Crippen LogP) is 3.55. The second-order valence-electron chi connectivity index (χ2n) is 12.0. The molecule has 0 spiro atoms. The molecule has 4 aliphatic rings. The van der Waals surface area contributed by atoms with Crippen molar-refractivity contribution < 1.29 is 6.11 Å². The van der Waals surface area contributed by atoms with Crippen molar-refractivity contribution in [3.63, 3.8) is 0 Å². The van der Waals surface area contributed by atoms with Gasteiger partial charge in [-0.15, -0.1) is 0 Å². The molecule has 0 aliphatic carbocycles. The fourth-order valence-corrected chi connectivity index (χ4v) is 7.41. The number of piperazine rings is 2. The lowest BCUT2D eigenvalue weighted by Crippen LogP contribution is -2.65. The van der Waals surface area contributed by atoms with Crippen molar-refractivity contribution in [1.29, 1.82) is 5.26 Å². The Morgan fingerprint density at radius 2 is 2.00 bits per heavy atom. The molecular formula is C32H39N7O.